The van der Waals surface area contributed by atoms with Gasteiger partial charge in [-0.1, -0.05) is 72.8 Å². The van der Waals surface area contributed by atoms with E-state index < -0.39 is 23.9 Å². The van der Waals surface area contributed by atoms with Crippen LogP contribution in [0.1, 0.15) is 46.2 Å². The molecule has 0 amide bonds. The largest absolute Gasteiger partial charge is 0.495 e. The van der Waals surface area contributed by atoms with Gasteiger partial charge in [0.05, 0.1) is 49.5 Å². The molecule has 4 unspecified atom stereocenters. The van der Waals surface area contributed by atoms with Crippen molar-refractivity contribution in [2.24, 2.45) is 0 Å². The fourth-order valence-electron chi connectivity index (χ4n) is 7.95. The fourth-order valence-corrected chi connectivity index (χ4v) is 7.95. The zero-order valence-electron chi connectivity index (χ0n) is 32.8. The van der Waals surface area contributed by atoms with Crippen molar-refractivity contribution < 1.29 is 14.3 Å². The standard InChI is InChI=1S/C47H46N8O3/c1-48-41-23-21-29(25-52-41)45(54-37-17-9-11-19-39(37)57-3)43(33-27-50-35-15-7-5-13-31(33)35)47(56)44(34-28-51-36-16-8-6-14-32(34)36)46(30-22-24-42(49-2)53-26-30)55-38-18-10-12-20-40(38)58-4/h5-28,43-46,50-51,54-55H,1-4H3,(H,48,52)(H,49,53). The number of methoxy groups -OCH3 is 2. The molecule has 0 aliphatic rings. The summed E-state index contributed by atoms with van der Waals surface area (Å²) in [6, 6.07) is 38.4. The van der Waals surface area contributed by atoms with Gasteiger partial charge in [-0.2, -0.15) is 0 Å². The number of hydrogen-bond donors (Lipinski definition) is 6. The molecule has 0 spiro atoms. The first-order valence-electron chi connectivity index (χ1n) is 19.2. The predicted octanol–water partition coefficient (Wildman–Crippen LogP) is 9.68. The molecule has 0 fully saturated rings. The Morgan fingerprint density at radius 3 is 1.36 bits per heavy atom. The van der Waals surface area contributed by atoms with E-state index in [9.17, 15) is 0 Å². The number of aromatic amines is 2. The molecule has 0 aliphatic heterocycles. The molecule has 4 heterocycles. The summed E-state index contributed by atoms with van der Waals surface area (Å²) < 4.78 is 11.7. The Kier molecular flexibility index (Phi) is 10.9. The normalized spacial score (nSPS) is 13.3. The number of carbonyl (C=O) groups is 1. The van der Waals surface area contributed by atoms with Crippen LogP contribution in [-0.2, 0) is 4.79 Å². The van der Waals surface area contributed by atoms with Gasteiger partial charge in [0.15, 0.2) is 5.78 Å². The Labute approximate surface area is 337 Å². The second-order valence-electron chi connectivity index (χ2n) is 14.0. The Morgan fingerprint density at radius 1 is 0.552 bits per heavy atom. The minimum atomic E-state index is -0.784. The van der Waals surface area contributed by atoms with Gasteiger partial charge in [-0.3, -0.25) is 4.79 Å². The smallest absolute Gasteiger partial charge is 0.152 e. The van der Waals surface area contributed by atoms with Crippen molar-refractivity contribution in [2.45, 2.75) is 23.9 Å². The first kappa shape index (κ1) is 37.6. The summed E-state index contributed by atoms with van der Waals surface area (Å²) in [6.07, 6.45) is 7.61. The van der Waals surface area contributed by atoms with Crippen molar-refractivity contribution in [3.63, 3.8) is 0 Å². The molecule has 4 atom stereocenters. The van der Waals surface area contributed by atoms with Crippen molar-refractivity contribution in [2.75, 3.05) is 49.6 Å². The van der Waals surface area contributed by atoms with E-state index in [2.05, 4.69) is 43.4 Å². The number of carbonyl (C=O) groups excluding carboxylic acids is 1. The van der Waals surface area contributed by atoms with Gasteiger partial charge >= 0.3 is 0 Å². The number of para-hydroxylation sites is 6. The van der Waals surface area contributed by atoms with Crippen LogP contribution in [0.25, 0.3) is 21.8 Å². The lowest BCUT2D eigenvalue weighted by Crippen LogP contribution is -2.34. The summed E-state index contributed by atoms with van der Waals surface area (Å²) in [5.41, 5.74) is 6.66. The first-order valence-corrected chi connectivity index (χ1v) is 19.2. The number of aromatic nitrogens is 4. The number of fused-ring (bicyclic) bond motifs is 2. The molecule has 0 aliphatic carbocycles. The van der Waals surface area contributed by atoms with Gasteiger partial charge < -0.3 is 40.7 Å². The van der Waals surface area contributed by atoms with E-state index in [0.29, 0.717) is 23.1 Å². The zero-order chi connectivity index (χ0) is 40.0. The maximum atomic E-state index is 16.7. The lowest BCUT2D eigenvalue weighted by molar-refractivity contribution is -0.122. The topological polar surface area (TPSA) is 141 Å². The highest BCUT2D eigenvalue weighted by molar-refractivity contribution is 6.01. The van der Waals surface area contributed by atoms with Gasteiger partial charge in [-0.05, 0) is 70.8 Å². The third-order valence-electron chi connectivity index (χ3n) is 10.8. The molecule has 4 aromatic heterocycles. The second kappa shape index (κ2) is 16.8. The molecule has 8 rings (SSSR count). The maximum Gasteiger partial charge on any atom is 0.152 e. The van der Waals surface area contributed by atoms with Gasteiger partial charge in [0.1, 0.15) is 23.1 Å². The van der Waals surface area contributed by atoms with E-state index in [-0.39, 0.29) is 5.78 Å². The fraction of sp³-hybridized carbons (Fsp3) is 0.170. The number of nitrogens with zero attached hydrogens (tertiary/aromatic N) is 2. The number of hydrogen-bond acceptors (Lipinski definition) is 9. The van der Waals surface area contributed by atoms with Gasteiger partial charge in [0.2, 0.25) is 0 Å². The zero-order valence-corrected chi connectivity index (χ0v) is 32.8. The summed E-state index contributed by atoms with van der Waals surface area (Å²) in [4.78, 5) is 33.1. The van der Waals surface area contributed by atoms with Gasteiger partial charge in [-0.15, -0.1) is 0 Å². The van der Waals surface area contributed by atoms with Crippen LogP contribution in [0.2, 0.25) is 0 Å². The molecule has 292 valence electrons. The highest BCUT2D eigenvalue weighted by atomic mass is 16.5. The Morgan fingerprint density at radius 2 is 0.966 bits per heavy atom. The Hall–Kier alpha value is -7.27. The van der Waals surface area contributed by atoms with Crippen LogP contribution in [0.15, 0.2) is 146 Å². The van der Waals surface area contributed by atoms with Crippen LogP contribution in [0, 0.1) is 0 Å². The lowest BCUT2D eigenvalue weighted by Gasteiger charge is -2.35. The molecule has 4 aromatic carbocycles. The molecular weight excluding hydrogens is 725 g/mol. The predicted molar refractivity (Wildman–Crippen MR) is 233 cm³/mol. The Bertz CT molecular complexity index is 2460. The number of nitrogens with one attached hydrogen (secondary N) is 6. The Balaban J connectivity index is 1.40. The van der Waals surface area contributed by atoms with Crippen LogP contribution in [0.4, 0.5) is 23.0 Å². The SMILES string of the molecule is CNc1ccc(C(Nc2ccccc2OC)C(C(=O)C(c2c[nH]c3ccccc23)C(Nc2ccccc2OC)c2ccc(NC)nc2)c2c[nH]c3ccccc23)cn1. The first-order chi connectivity index (χ1) is 28.5. The van der Waals surface area contributed by atoms with Crippen molar-refractivity contribution >= 4 is 50.6 Å². The molecular formula is C47H46N8O3. The quantitative estimate of drug-likeness (QED) is 0.0567. The summed E-state index contributed by atoms with van der Waals surface area (Å²) in [5, 5.41) is 15.8. The van der Waals surface area contributed by atoms with Crippen molar-refractivity contribution in [1.29, 1.82) is 0 Å². The minimum Gasteiger partial charge on any atom is -0.495 e. The molecule has 11 nitrogen and oxygen atoms in total. The van der Waals surface area contributed by atoms with Crippen molar-refractivity contribution in [3.8, 4) is 11.5 Å². The summed E-state index contributed by atoms with van der Waals surface area (Å²) in [7, 11) is 6.97. The number of anilines is 4. The number of rotatable bonds is 16. The minimum absolute atomic E-state index is 0.0373. The molecule has 58 heavy (non-hydrogen) atoms. The van der Waals surface area contributed by atoms with Crippen molar-refractivity contribution in [3.05, 3.63) is 168 Å². The number of Topliss-reactive ketones (excluding diaryl/α,β-unsaturated/α-hetero) is 1. The van der Waals surface area contributed by atoms with Crippen LogP contribution >= 0.6 is 0 Å². The highest BCUT2D eigenvalue weighted by Crippen LogP contribution is 2.48. The van der Waals surface area contributed by atoms with E-state index in [1.165, 1.54) is 0 Å². The molecule has 8 aromatic rings. The van der Waals surface area contributed by atoms with Crippen LogP contribution in [0.3, 0.4) is 0 Å². The molecule has 6 N–H and O–H groups in total. The van der Waals surface area contributed by atoms with E-state index in [1.807, 2.05) is 148 Å². The van der Waals surface area contributed by atoms with E-state index in [1.54, 1.807) is 14.2 Å². The van der Waals surface area contributed by atoms with E-state index in [4.69, 9.17) is 19.4 Å². The molecule has 0 bridgehead atoms. The molecule has 0 radical (unpaired) electrons. The molecule has 11 heteroatoms. The highest BCUT2D eigenvalue weighted by Gasteiger charge is 2.43. The number of H-pyrrole nitrogens is 2. The summed E-state index contributed by atoms with van der Waals surface area (Å²) >= 11 is 0. The van der Waals surface area contributed by atoms with Crippen LogP contribution < -0.4 is 30.7 Å². The van der Waals surface area contributed by atoms with Crippen molar-refractivity contribution in [1.82, 2.24) is 19.9 Å². The van der Waals surface area contributed by atoms with E-state index in [0.717, 1.165) is 55.4 Å². The van der Waals surface area contributed by atoms with Gasteiger partial charge in [0.25, 0.3) is 0 Å². The van der Waals surface area contributed by atoms with Gasteiger partial charge in [-0.25, -0.2) is 9.97 Å². The third-order valence-corrected chi connectivity index (χ3v) is 10.8. The van der Waals surface area contributed by atoms with E-state index >= 15 is 4.79 Å². The average molecular weight is 771 g/mol. The second-order valence-corrected chi connectivity index (χ2v) is 14.0. The summed E-state index contributed by atoms with van der Waals surface area (Å²) in [5.74, 6) is 1.12. The molecule has 0 saturated carbocycles. The number of pyridine rings is 2. The molecule has 0 saturated heterocycles. The number of benzene rings is 4. The third kappa shape index (κ3) is 7.37. The average Bonchev–Trinajstić information content (AvgIpc) is 3.91. The number of ketones is 1. The monoisotopic (exact) mass is 770 g/mol. The maximum absolute atomic E-state index is 16.7. The number of ether oxygens (including phenoxy) is 2. The van der Waals surface area contributed by atoms with Gasteiger partial charge in [0, 0.05) is 60.7 Å². The summed E-state index contributed by atoms with van der Waals surface area (Å²) in [6.45, 7) is 0. The lowest BCUT2D eigenvalue weighted by atomic mass is 9.73. The van der Waals surface area contributed by atoms with Crippen LogP contribution in [0.5, 0.6) is 11.5 Å². The van der Waals surface area contributed by atoms with Crippen LogP contribution in [-0.4, -0.2) is 54.0 Å².